The molecule has 0 spiro atoms. The van der Waals surface area contributed by atoms with Crippen molar-refractivity contribution in [1.82, 2.24) is 0 Å². The van der Waals surface area contributed by atoms with Gasteiger partial charge in [0.15, 0.2) is 0 Å². The molecule has 0 radical (unpaired) electrons. The summed E-state index contributed by atoms with van der Waals surface area (Å²) in [6, 6.07) is 24.1. The van der Waals surface area contributed by atoms with Crippen molar-refractivity contribution in [1.29, 1.82) is 0 Å². The molecule has 3 aromatic rings. The highest BCUT2D eigenvalue weighted by atomic mass is 16.6. The van der Waals surface area contributed by atoms with Crippen LogP contribution in [0.2, 0.25) is 0 Å². The van der Waals surface area contributed by atoms with E-state index in [1.807, 2.05) is 60.7 Å². The summed E-state index contributed by atoms with van der Waals surface area (Å²) in [5.41, 5.74) is 9.93. The molecular weight excluding hydrogens is 350 g/mol. The number of nitrogens with zero attached hydrogens (tertiary/aromatic N) is 2. The van der Waals surface area contributed by atoms with Gasteiger partial charge in [-0.2, -0.15) is 0 Å². The molecular formula is C23H19N3O2. The minimum absolute atomic E-state index is 0.0570. The van der Waals surface area contributed by atoms with Crippen LogP contribution in [0, 0.1) is 10.1 Å². The van der Waals surface area contributed by atoms with Crippen molar-refractivity contribution in [2.45, 2.75) is 0 Å². The van der Waals surface area contributed by atoms with Gasteiger partial charge in [-0.15, -0.1) is 0 Å². The lowest BCUT2D eigenvalue weighted by molar-refractivity contribution is -0.384. The van der Waals surface area contributed by atoms with Crippen LogP contribution in [-0.2, 0) is 0 Å². The van der Waals surface area contributed by atoms with E-state index < -0.39 is 4.92 Å². The third-order valence-electron chi connectivity index (χ3n) is 4.06. The second-order valence-electron chi connectivity index (χ2n) is 6.04. The molecule has 5 heteroatoms. The molecule has 0 aliphatic rings. The van der Waals surface area contributed by atoms with E-state index in [1.54, 1.807) is 24.4 Å². The van der Waals surface area contributed by atoms with Gasteiger partial charge in [-0.3, -0.25) is 10.1 Å². The predicted molar refractivity (Wildman–Crippen MR) is 115 cm³/mol. The summed E-state index contributed by atoms with van der Waals surface area (Å²) in [7, 11) is 0. The van der Waals surface area contributed by atoms with Gasteiger partial charge in [0.1, 0.15) is 5.84 Å². The van der Waals surface area contributed by atoms with Gasteiger partial charge in [-0.25, -0.2) is 4.99 Å². The number of amidine groups is 1. The SMILES string of the molecule is NC(=N/C=C/c1ccc([N+](=O)[O-])cc1)c1ccc(/C=C/c2ccccc2)cc1. The summed E-state index contributed by atoms with van der Waals surface area (Å²) in [5, 5.41) is 10.7. The first-order valence-electron chi connectivity index (χ1n) is 8.70. The van der Waals surface area contributed by atoms with E-state index in [0.717, 1.165) is 22.3 Å². The third kappa shape index (κ3) is 5.25. The van der Waals surface area contributed by atoms with Crippen LogP contribution in [0.5, 0.6) is 0 Å². The molecule has 5 nitrogen and oxygen atoms in total. The van der Waals surface area contributed by atoms with Crippen LogP contribution in [0.1, 0.15) is 22.3 Å². The van der Waals surface area contributed by atoms with E-state index in [4.69, 9.17) is 5.73 Å². The zero-order valence-corrected chi connectivity index (χ0v) is 15.1. The molecule has 0 saturated heterocycles. The molecule has 0 amide bonds. The number of hydrogen-bond acceptors (Lipinski definition) is 3. The van der Waals surface area contributed by atoms with Crippen LogP contribution >= 0.6 is 0 Å². The van der Waals surface area contributed by atoms with E-state index >= 15 is 0 Å². The van der Waals surface area contributed by atoms with Gasteiger partial charge in [0.25, 0.3) is 5.69 Å². The van der Waals surface area contributed by atoms with Crippen LogP contribution in [0.3, 0.4) is 0 Å². The average Bonchev–Trinajstić information content (AvgIpc) is 2.73. The Morgan fingerprint density at radius 3 is 1.93 bits per heavy atom. The monoisotopic (exact) mass is 369 g/mol. The van der Waals surface area contributed by atoms with E-state index in [9.17, 15) is 10.1 Å². The van der Waals surface area contributed by atoms with Gasteiger partial charge in [0.05, 0.1) is 4.92 Å². The topological polar surface area (TPSA) is 81.5 Å². The summed E-state index contributed by atoms with van der Waals surface area (Å²) >= 11 is 0. The predicted octanol–water partition coefficient (Wildman–Crippen LogP) is 5.14. The van der Waals surface area contributed by atoms with E-state index in [2.05, 4.69) is 11.1 Å². The summed E-state index contributed by atoms with van der Waals surface area (Å²) in [6.45, 7) is 0. The fourth-order valence-electron chi connectivity index (χ4n) is 2.51. The van der Waals surface area contributed by atoms with Crippen molar-refractivity contribution in [2.75, 3.05) is 0 Å². The Balaban J connectivity index is 1.64. The molecule has 0 bridgehead atoms. The number of non-ortho nitro benzene ring substituents is 1. The second kappa shape index (κ2) is 9.09. The Hall–Kier alpha value is -3.99. The van der Waals surface area contributed by atoms with Crippen LogP contribution in [-0.4, -0.2) is 10.8 Å². The van der Waals surface area contributed by atoms with Crippen molar-refractivity contribution >= 4 is 29.8 Å². The zero-order valence-electron chi connectivity index (χ0n) is 15.1. The lowest BCUT2D eigenvalue weighted by atomic mass is 10.1. The fraction of sp³-hybridized carbons (Fsp3) is 0. The maximum absolute atomic E-state index is 10.7. The summed E-state index contributed by atoms with van der Waals surface area (Å²) in [4.78, 5) is 14.5. The number of aliphatic imine (C=N–C) groups is 1. The van der Waals surface area contributed by atoms with Gasteiger partial charge in [0, 0.05) is 23.9 Å². The molecule has 28 heavy (non-hydrogen) atoms. The molecule has 0 heterocycles. The van der Waals surface area contributed by atoms with E-state index in [0.29, 0.717) is 5.84 Å². The van der Waals surface area contributed by atoms with Crippen molar-refractivity contribution in [3.05, 3.63) is 117 Å². The van der Waals surface area contributed by atoms with E-state index in [1.165, 1.54) is 12.1 Å². The molecule has 0 unspecified atom stereocenters. The maximum atomic E-state index is 10.7. The minimum Gasteiger partial charge on any atom is -0.383 e. The number of nitro benzene ring substituents is 1. The molecule has 0 saturated carbocycles. The first kappa shape index (κ1) is 18.8. The molecule has 2 N–H and O–H groups in total. The van der Waals surface area contributed by atoms with Gasteiger partial charge >= 0.3 is 0 Å². The number of rotatable bonds is 6. The normalized spacial score (nSPS) is 11.9. The van der Waals surface area contributed by atoms with Gasteiger partial charge in [-0.1, -0.05) is 66.7 Å². The Morgan fingerprint density at radius 1 is 0.786 bits per heavy atom. The molecule has 138 valence electrons. The van der Waals surface area contributed by atoms with Gasteiger partial charge < -0.3 is 5.73 Å². The summed E-state index contributed by atoms with van der Waals surface area (Å²) in [6.07, 6.45) is 7.42. The van der Waals surface area contributed by atoms with Crippen LogP contribution < -0.4 is 5.73 Å². The largest absolute Gasteiger partial charge is 0.383 e. The number of nitrogens with two attached hydrogens (primary N) is 1. The first-order valence-corrected chi connectivity index (χ1v) is 8.70. The molecule has 0 fully saturated rings. The van der Waals surface area contributed by atoms with Crippen LogP contribution in [0.25, 0.3) is 18.2 Å². The number of hydrogen-bond donors (Lipinski definition) is 1. The zero-order chi connectivity index (χ0) is 19.8. The summed E-state index contributed by atoms with van der Waals surface area (Å²) in [5.74, 6) is 0.400. The molecule has 0 aliphatic heterocycles. The number of benzene rings is 3. The minimum atomic E-state index is -0.428. The Kier molecular flexibility index (Phi) is 6.10. The lowest BCUT2D eigenvalue weighted by Gasteiger charge is -2.00. The number of nitro groups is 1. The van der Waals surface area contributed by atoms with Crippen molar-refractivity contribution < 1.29 is 4.92 Å². The third-order valence-corrected chi connectivity index (χ3v) is 4.06. The summed E-state index contributed by atoms with van der Waals surface area (Å²) < 4.78 is 0. The highest BCUT2D eigenvalue weighted by Crippen LogP contribution is 2.13. The van der Waals surface area contributed by atoms with Crippen molar-refractivity contribution in [2.24, 2.45) is 10.7 Å². The van der Waals surface area contributed by atoms with Crippen molar-refractivity contribution in [3.63, 3.8) is 0 Å². The quantitative estimate of drug-likeness (QED) is 0.215. The fourth-order valence-corrected chi connectivity index (χ4v) is 2.51. The van der Waals surface area contributed by atoms with Crippen LogP contribution in [0.15, 0.2) is 90.1 Å². The first-order chi connectivity index (χ1) is 13.6. The second-order valence-corrected chi connectivity index (χ2v) is 6.04. The average molecular weight is 369 g/mol. The highest BCUT2D eigenvalue weighted by Gasteiger charge is 2.02. The Bertz CT molecular complexity index is 1020. The van der Waals surface area contributed by atoms with Crippen molar-refractivity contribution in [3.8, 4) is 0 Å². The maximum Gasteiger partial charge on any atom is 0.269 e. The van der Waals surface area contributed by atoms with Crippen LogP contribution in [0.4, 0.5) is 5.69 Å². The van der Waals surface area contributed by atoms with E-state index in [-0.39, 0.29) is 5.69 Å². The highest BCUT2D eigenvalue weighted by molar-refractivity contribution is 5.98. The van der Waals surface area contributed by atoms with Gasteiger partial charge in [0.2, 0.25) is 0 Å². The molecule has 0 atom stereocenters. The van der Waals surface area contributed by atoms with Gasteiger partial charge in [-0.05, 0) is 34.9 Å². The smallest absolute Gasteiger partial charge is 0.269 e. The molecule has 3 aromatic carbocycles. The molecule has 0 aliphatic carbocycles. The lowest BCUT2D eigenvalue weighted by Crippen LogP contribution is -2.12. The molecule has 3 rings (SSSR count). The molecule has 0 aromatic heterocycles. The Morgan fingerprint density at radius 2 is 1.32 bits per heavy atom. The standard InChI is InChI=1S/C23H19N3O2/c24-23(25-17-16-20-10-14-22(15-11-20)26(27)28)21-12-8-19(9-13-21)7-6-18-4-2-1-3-5-18/h1-17H,(H2,24,25)/b7-6+,17-16+. The Labute approximate surface area is 163 Å².